The van der Waals surface area contributed by atoms with Gasteiger partial charge in [0.05, 0.1) is 17.1 Å². The lowest BCUT2D eigenvalue weighted by Gasteiger charge is -2.16. The minimum atomic E-state index is -0.170. The van der Waals surface area contributed by atoms with Crippen molar-refractivity contribution in [1.29, 1.82) is 0 Å². The Morgan fingerprint density at radius 2 is 1.69 bits per heavy atom. The Kier molecular flexibility index (Phi) is 4.98. The van der Waals surface area contributed by atoms with Gasteiger partial charge >= 0.3 is 5.69 Å². The van der Waals surface area contributed by atoms with Crippen molar-refractivity contribution in [2.75, 3.05) is 0 Å². The van der Waals surface area contributed by atoms with Crippen LogP contribution in [-0.2, 0) is 17.9 Å². The first-order valence-corrected chi connectivity index (χ1v) is 8.97. The van der Waals surface area contributed by atoms with E-state index in [0.717, 1.165) is 16.6 Å². The fraction of sp³-hybridized carbons (Fsp3) is 0.333. The van der Waals surface area contributed by atoms with E-state index < -0.39 is 0 Å². The van der Waals surface area contributed by atoms with Gasteiger partial charge < -0.3 is 5.32 Å². The van der Waals surface area contributed by atoms with Gasteiger partial charge in [0.2, 0.25) is 5.91 Å². The molecule has 2 aromatic carbocycles. The van der Waals surface area contributed by atoms with Gasteiger partial charge in [0.15, 0.2) is 0 Å². The van der Waals surface area contributed by atoms with E-state index in [-0.39, 0.29) is 24.2 Å². The number of imidazole rings is 1. The summed E-state index contributed by atoms with van der Waals surface area (Å²) < 4.78 is 3.23. The Morgan fingerprint density at radius 1 is 1.04 bits per heavy atom. The molecule has 1 N–H and O–H groups in total. The Labute approximate surface area is 153 Å². The summed E-state index contributed by atoms with van der Waals surface area (Å²) >= 11 is 0. The minimum Gasteiger partial charge on any atom is -0.348 e. The second kappa shape index (κ2) is 7.20. The Bertz CT molecular complexity index is 1010. The molecule has 0 aliphatic carbocycles. The van der Waals surface area contributed by atoms with Crippen LogP contribution in [0.4, 0.5) is 0 Å². The maximum Gasteiger partial charge on any atom is 0.329 e. The summed E-state index contributed by atoms with van der Waals surface area (Å²) in [7, 11) is 0. The highest BCUT2D eigenvalue weighted by Gasteiger charge is 2.16. The van der Waals surface area contributed by atoms with Gasteiger partial charge in [-0.3, -0.25) is 13.9 Å². The van der Waals surface area contributed by atoms with Gasteiger partial charge in [0, 0.05) is 6.54 Å². The third kappa shape index (κ3) is 3.29. The molecule has 1 heterocycles. The molecule has 3 aromatic rings. The summed E-state index contributed by atoms with van der Waals surface area (Å²) in [4.78, 5) is 25.2. The second-order valence-corrected chi connectivity index (χ2v) is 6.73. The van der Waals surface area contributed by atoms with E-state index in [4.69, 9.17) is 0 Å². The molecule has 136 valence electrons. The molecule has 1 atom stereocenters. The zero-order chi connectivity index (χ0) is 18.8. The van der Waals surface area contributed by atoms with Gasteiger partial charge in [0.25, 0.3) is 0 Å². The number of benzene rings is 2. The van der Waals surface area contributed by atoms with E-state index in [0.29, 0.717) is 6.54 Å². The highest BCUT2D eigenvalue weighted by atomic mass is 16.2. The van der Waals surface area contributed by atoms with Gasteiger partial charge in [-0.2, -0.15) is 0 Å². The molecule has 0 radical (unpaired) electrons. The number of carbonyl (C=O) groups excluding carboxylic acids is 1. The van der Waals surface area contributed by atoms with E-state index in [9.17, 15) is 9.59 Å². The maximum absolute atomic E-state index is 12.6. The van der Waals surface area contributed by atoms with Crippen LogP contribution < -0.4 is 11.0 Å². The van der Waals surface area contributed by atoms with Gasteiger partial charge in [-0.15, -0.1) is 0 Å². The molecular weight excluding hydrogens is 326 g/mol. The van der Waals surface area contributed by atoms with Crippen LogP contribution in [0.3, 0.4) is 0 Å². The fourth-order valence-electron chi connectivity index (χ4n) is 3.28. The fourth-order valence-corrected chi connectivity index (χ4v) is 3.28. The van der Waals surface area contributed by atoms with Crippen molar-refractivity contribution >= 4 is 16.9 Å². The lowest BCUT2D eigenvalue weighted by molar-refractivity contribution is -0.122. The highest BCUT2D eigenvalue weighted by molar-refractivity contribution is 5.81. The Balaban J connectivity index is 1.82. The van der Waals surface area contributed by atoms with Crippen LogP contribution >= 0.6 is 0 Å². The number of amides is 1. The topological polar surface area (TPSA) is 56.0 Å². The van der Waals surface area contributed by atoms with Crippen LogP contribution in [0.2, 0.25) is 0 Å². The molecule has 0 spiro atoms. The van der Waals surface area contributed by atoms with Crippen molar-refractivity contribution in [3.05, 3.63) is 69.6 Å². The normalized spacial score (nSPS) is 12.3. The first-order chi connectivity index (χ1) is 12.4. The van der Waals surface area contributed by atoms with Crippen molar-refractivity contribution in [1.82, 2.24) is 14.5 Å². The number of carbonyl (C=O) groups is 1. The average molecular weight is 351 g/mol. The SMILES string of the molecule is CCn1c(=O)n(CC(=O)NC(C)c2ccc(C)c(C)c2)c2ccccc21. The van der Waals surface area contributed by atoms with Crippen LogP contribution in [0.25, 0.3) is 11.0 Å². The molecule has 0 fully saturated rings. The first-order valence-electron chi connectivity index (χ1n) is 8.97. The maximum atomic E-state index is 12.6. The van der Waals surface area contributed by atoms with E-state index in [1.165, 1.54) is 11.1 Å². The Morgan fingerprint density at radius 3 is 2.31 bits per heavy atom. The van der Waals surface area contributed by atoms with Gasteiger partial charge in [-0.05, 0) is 56.5 Å². The third-order valence-corrected chi connectivity index (χ3v) is 4.95. The quantitative estimate of drug-likeness (QED) is 0.767. The van der Waals surface area contributed by atoms with Crippen molar-refractivity contribution < 1.29 is 4.79 Å². The summed E-state index contributed by atoms with van der Waals surface area (Å²) in [5.74, 6) is -0.170. The molecule has 0 bridgehead atoms. The van der Waals surface area contributed by atoms with E-state index >= 15 is 0 Å². The van der Waals surface area contributed by atoms with Crippen LogP contribution in [0.1, 0.15) is 36.6 Å². The molecule has 0 aliphatic rings. The third-order valence-electron chi connectivity index (χ3n) is 4.95. The molecule has 0 saturated heterocycles. The van der Waals surface area contributed by atoms with Crippen molar-refractivity contribution in [2.24, 2.45) is 0 Å². The lowest BCUT2D eigenvalue weighted by Crippen LogP contribution is -2.34. The van der Waals surface area contributed by atoms with Gasteiger partial charge in [0.1, 0.15) is 6.54 Å². The first kappa shape index (κ1) is 18.0. The molecule has 1 amide bonds. The zero-order valence-electron chi connectivity index (χ0n) is 15.7. The van der Waals surface area contributed by atoms with E-state index in [1.54, 1.807) is 9.13 Å². The minimum absolute atomic E-state index is 0.0154. The molecule has 0 aliphatic heterocycles. The van der Waals surface area contributed by atoms with E-state index in [1.807, 2.05) is 44.2 Å². The number of rotatable bonds is 5. The molecule has 1 unspecified atom stereocenters. The van der Waals surface area contributed by atoms with Crippen LogP contribution in [0, 0.1) is 13.8 Å². The van der Waals surface area contributed by atoms with Crippen molar-refractivity contribution in [3.63, 3.8) is 0 Å². The number of para-hydroxylation sites is 2. The molecule has 5 nitrogen and oxygen atoms in total. The average Bonchev–Trinajstić information content (AvgIpc) is 2.88. The number of nitrogens with one attached hydrogen (secondary N) is 1. The van der Waals surface area contributed by atoms with Crippen LogP contribution in [0.5, 0.6) is 0 Å². The largest absolute Gasteiger partial charge is 0.348 e. The number of nitrogens with zero attached hydrogens (tertiary/aromatic N) is 2. The molecule has 3 rings (SSSR count). The number of hydrogen-bond donors (Lipinski definition) is 1. The summed E-state index contributed by atoms with van der Waals surface area (Å²) in [6.45, 7) is 8.61. The summed E-state index contributed by atoms with van der Waals surface area (Å²) in [5, 5.41) is 3.00. The summed E-state index contributed by atoms with van der Waals surface area (Å²) in [6, 6.07) is 13.6. The lowest BCUT2D eigenvalue weighted by atomic mass is 10.0. The molecule has 5 heteroatoms. The second-order valence-electron chi connectivity index (χ2n) is 6.73. The number of aromatic nitrogens is 2. The number of fused-ring (bicyclic) bond motifs is 1. The molecular formula is C21H25N3O2. The zero-order valence-corrected chi connectivity index (χ0v) is 15.7. The van der Waals surface area contributed by atoms with Crippen molar-refractivity contribution in [3.8, 4) is 0 Å². The number of hydrogen-bond acceptors (Lipinski definition) is 2. The van der Waals surface area contributed by atoms with E-state index in [2.05, 4.69) is 31.3 Å². The Hall–Kier alpha value is -2.82. The smallest absolute Gasteiger partial charge is 0.329 e. The van der Waals surface area contributed by atoms with Gasteiger partial charge in [-0.25, -0.2) is 4.79 Å². The molecule has 1 aromatic heterocycles. The standard InChI is InChI=1S/C21H25N3O2/c1-5-23-18-8-6-7-9-19(18)24(21(23)26)13-20(25)22-16(4)17-11-10-14(2)15(3)12-17/h6-12,16H,5,13H2,1-4H3,(H,22,25). The predicted molar refractivity (Wildman–Crippen MR) is 104 cm³/mol. The molecule has 26 heavy (non-hydrogen) atoms. The predicted octanol–water partition coefficient (Wildman–Crippen LogP) is 3.32. The van der Waals surface area contributed by atoms with Crippen molar-refractivity contribution in [2.45, 2.75) is 46.8 Å². The van der Waals surface area contributed by atoms with Gasteiger partial charge in [-0.1, -0.05) is 30.3 Å². The molecule has 0 saturated carbocycles. The summed E-state index contributed by atoms with van der Waals surface area (Å²) in [5.41, 5.74) is 4.98. The number of aryl methyl sites for hydroxylation is 3. The van der Waals surface area contributed by atoms with Crippen LogP contribution in [-0.4, -0.2) is 15.0 Å². The summed E-state index contributed by atoms with van der Waals surface area (Å²) in [6.07, 6.45) is 0. The monoisotopic (exact) mass is 351 g/mol. The van der Waals surface area contributed by atoms with Crippen LogP contribution in [0.15, 0.2) is 47.3 Å². The highest BCUT2D eigenvalue weighted by Crippen LogP contribution is 2.17.